The standard InChI is InChI=1S/C13H16N2O3/c1-2-3-9-18-12(16)6-8-15-7-4-5-11(10-14)13(15)17/h4-5,7H,2-3,6,8-9H2,1H3. The molecule has 0 spiro atoms. The summed E-state index contributed by atoms with van der Waals surface area (Å²) in [5, 5.41) is 8.71. The molecule has 0 aliphatic rings. The van der Waals surface area contributed by atoms with E-state index in [9.17, 15) is 9.59 Å². The third-order valence-corrected chi connectivity index (χ3v) is 2.46. The highest BCUT2D eigenvalue weighted by Crippen LogP contribution is 1.96. The van der Waals surface area contributed by atoms with Crippen LogP contribution in [0.1, 0.15) is 31.7 Å². The summed E-state index contributed by atoms with van der Waals surface area (Å²) in [6, 6.07) is 4.89. The normalized spacial score (nSPS) is 9.78. The molecule has 18 heavy (non-hydrogen) atoms. The highest BCUT2D eigenvalue weighted by Gasteiger charge is 2.06. The minimum atomic E-state index is -0.374. The van der Waals surface area contributed by atoms with E-state index in [-0.39, 0.29) is 30.1 Å². The first-order chi connectivity index (χ1) is 8.69. The molecule has 1 aromatic rings. The highest BCUT2D eigenvalue weighted by atomic mass is 16.5. The Morgan fingerprint density at radius 3 is 3.00 bits per heavy atom. The second-order valence-electron chi connectivity index (χ2n) is 3.86. The van der Waals surface area contributed by atoms with Crippen LogP contribution in [-0.4, -0.2) is 17.1 Å². The molecule has 1 heterocycles. The third-order valence-electron chi connectivity index (χ3n) is 2.46. The Morgan fingerprint density at radius 1 is 1.56 bits per heavy atom. The van der Waals surface area contributed by atoms with Crippen molar-refractivity contribution in [1.82, 2.24) is 4.57 Å². The zero-order valence-corrected chi connectivity index (χ0v) is 10.4. The number of rotatable bonds is 6. The third kappa shape index (κ3) is 4.06. The van der Waals surface area contributed by atoms with Crippen LogP contribution in [0.5, 0.6) is 0 Å². The van der Waals surface area contributed by atoms with Crippen LogP contribution in [0.2, 0.25) is 0 Å². The summed E-state index contributed by atoms with van der Waals surface area (Å²) in [5.74, 6) is -0.322. The molecule has 0 unspecified atom stereocenters. The molecule has 0 amide bonds. The Labute approximate surface area is 106 Å². The van der Waals surface area contributed by atoms with Gasteiger partial charge in [0.25, 0.3) is 5.56 Å². The van der Waals surface area contributed by atoms with E-state index < -0.39 is 0 Å². The lowest BCUT2D eigenvalue weighted by Crippen LogP contribution is -2.23. The first-order valence-corrected chi connectivity index (χ1v) is 5.94. The van der Waals surface area contributed by atoms with Crippen LogP contribution in [0.4, 0.5) is 0 Å². The molecule has 96 valence electrons. The molecule has 0 saturated carbocycles. The van der Waals surface area contributed by atoms with Crippen molar-refractivity contribution in [2.24, 2.45) is 0 Å². The van der Waals surface area contributed by atoms with Gasteiger partial charge in [-0.15, -0.1) is 0 Å². The predicted molar refractivity (Wildman–Crippen MR) is 65.9 cm³/mol. The lowest BCUT2D eigenvalue weighted by Gasteiger charge is -2.06. The van der Waals surface area contributed by atoms with Crippen molar-refractivity contribution in [3.05, 3.63) is 34.2 Å². The van der Waals surface area contributed by atoms with E-state index in [1.165, 1.54) is 10.6 Å². The summed E-state index contributed by atoms with van der Waals surface area (Å²) in [6.45, 7) is 2.67. The second kappa shape index (κ2) is 7.28. The van der Waals surface area contributed by atoms with E-state index in [0.29, 0.717) is 6.61 Å². The molecule has 0 aliphatic carbocycles. The topological polar surface area (TPSA) is 72.1 Å². The summed E-state index contributed by atoms with van der Waals surface area (Å²) in [7, 11) is 0. The average molecular weight is 248 g/mol. The fourth-order valence-corrected chi connectivity index (χ4v) is 1.41. The Kier molecular flexibility index (Phi) is 5.65. The zero-order valence-electron chi connectivity index (χ0n) is 10.4. The first kappa shape index (κ1) is 14.0. The molecule has 0 N–H and O–H groups in total. The van der Waals surface area contributed by atoms with Crippen LogP contribution >= 0.6 is 0 Å². The lowest BCUT2D eigenvalue weighted by atomic mass is 10.3. The monoisotopic (exact) mass is 248 g/mol. The van der Waals surface area contributed by atoms with Gasteiger partial charge in [-0.1, -0.05) is 13.3 Å². The molecule has 0 atom stereocenters. The number of aromatic nitrogens is 1. The number of pyridine rings is 1. The minimum Gasteiger partial charge on any atom is -0.466 e. The number of carbonyl (C=O) groups is 1. The quantitative estimate of drug-likeness (QED) is 0.564. The van der Waals surface area contributed by atoms with Crippen molar-refractivity contribution in [3.63, 3.8) is 0 Å². The van der Waals surface area contributed by atoms with Crippen molar-refractivity contribution in [2.75, 3.05) is 6.61 Å². The van der Waals surface area contributed by atoms with Crippen LogP contribution in [0.3, 0.4) is 0 Å². The molecule has 0 saturated heterocycles. The molecule has 0 aliphatic heterocycles. The van der Waals surface area contributed by atoms with Crippen molar-refractivity contribution in [2.45, 2.75) is 32.7 Å². The second-order valence-corrected chi connectivity index (χ2v) is 3.86. The average Bonchev–Trinajstić information content (AvgIpc) is 2.38. The number of carbonyl (C=O) groups excluding carboxylic acids is 1. The summed E-state index contributed by atoms with van der Waals surface area (Å²) >= 11 is 0. The summed E-state index contributed by atoms with van der Waals surface area (Å²) in [6.07, 6.45) is 3.51. The SMILES string of the molecule is CCCCOC(=O)CCn1cccc(C#N)c1=O. The van der Waals surface area contributed by atoms with Crippen molar-refractivity contribution >= 4 is 5.97 Å². The van der Waals surface area contributed by atoms with Gasteiger partial charge in [-0.3, -0.25) is 9.59 Å². The van der Waals surface area contributed by atoms with Gasteiger partial charge in [-0.05, 0) is 18.6 Å². The van der Waals surface area contributed by atoms with E-state index in [0.717, 1.165) is 12.8 Å². The van der Waals surface area contributed by atoms with Gasteiger partial charge in [0.1, 0.15) is 11.6 Å². The molecule has 0 fully saturated rings. The maximum absolute atomic E-state index is 11.7. The molecular weight excluding hydrogens is 232 g/mol. The van der Waals surface area contributed by atoms with Gasteiger partial charge in [0, 0.05) is 12.7 Å². The lowest BCUT2D eigenvalue weighted by molar-refractivity contribution is -0.144. The molecule has 0 bridgehead atoms. The van der Waals surface area contributed by atoms with Crippen LogP contribution in [0.25, 0.3) is 0 Å². The fourth-order valence-electron chi connectivity index (χ4n) is 1.41. The minimum absolute atomic E-state index is 0.0804. The van der Waals surface area contributed by atoms with Crippen molar-refractivity contribution in [1.29, 1.82) is 5.26 Å². The van der Waals surface area contributed by atoms with E-state index in [2.05, 4.69) is 0 Å². The molecule has 0 aromatic carbocycles. The Bertz CT molecular complexity index is 500. The van der Waals surface area contributed by atoms with Gasteiger partial charge in [0.15, 0.2) is 0 Å². The van der Waals surface area contributed by atoms with Crippen molar-refractivity contribution < 1.29 is 9.53 Å². The van der Waals surface area contributed by atoms with Crippen LogP contribution < -0.4 is 5.56 Å². The number of hydrogen-bond donors (Lipinski definition) is 0. The Balaban J connectivity index is 2.52. The largest absolute Gasteiger partial charge is 0.466 e. The van der Waals surface area contributed by atoms with Crippen LogP contribution in [-0.2, 0) is 16.1 Å². The molecule has 5 nitrogen and oxygen atoms in total. The van der Waals surface area contributed by atoms with E-state index in [1.807, 2.05) is 13.0 Å². The van der Waals surface area contributed by atoms with Gasteiger partial charge in [-0.25, -0.2) is 0 Å². The number of aryl methyl sites for hydroxylation is 1. The van der Waals surface area contributed by atoms with Crippen LogP contribution in [0.15, 0.2) is 23.1 Å². The van der Waals surface area contributed by atoms with Gasteiger partial charge >= 0.3 is 5.97 Å². The van der Waals surface area contributed by atoms with Crippen LogP contribution in [0, 0.1) is 11.3 Å². The highest BCUT2D eigenvalue weighted by molar-refractivity contribution is 5.69. The van der Waals surface area contributed by atoms with E-state index in [4.69, 9.17) is 10.00 Å². The maximum atomic E-state index is 11.7. The van der Waals surface area contributed by atoms with E-state index >= 15 is 0 Å². The Morgan fingerprint density at radius 2 is 2.33 bits per heavy atom. The number of esters is 1. The van der Waals surface area contributed by atoms with Gasteiger partial charge < -0.3 is 9.30 Å². The zero-order chi connectivity index (χ0) is 13.4. The fraction of sp³-hybridized carbons (Fsp3) is 0.462. The number of unbranched alkanes of at least 4 members (excludes halogenated alkanes) is 1. The summed E-state index contributed by atoms with van der Waals surface area (Å²) < 4.78 is 6.33. The molecule has 0 radical (unpaired) electrons. The number of nitriles is 1. The number of ether oxygens (including phenoxy) is 1. The molecular formula is C13H16N2O3. The summed E-state index contributed by atoms with van der Waals surface area (Å²) in [5.41, 5.74) is -0.293. The smallest absolute Gasteiger partial charge is 0.307 e. The summed E-state index contributed by atoms with van der Waals surface area (Å²) in [4.78, 5) is 23.0. The first-order valence-electron chi connectivity index (χ1n) is 5.94. The van der Waals surface area contributed by atoms with Gasteiger partial charge in [0.2, 0.25) is 0 Å². The number of hydrogen-bond acceptors (Lipinski definition) is 4. The number of nitrogens with zero attached hydrogens (tertiary/aromatic N) is 2. The van der Waals surface area contributed by atoms with Crippen molar-refractivity contribution in [3.8, 4) is 6.07 Å². The molecule has 5 heteroatoms. The van der Waals surface area contributed by atoms with Gasteiger partial charge in [0.05, 0.1) is 13.0 Å². The van der Waals surface area contributed by atoms with E-state index in [1.54, 1.807) is 12.3 Å². The van der Waals surface area contributed by atoms with Gasteiger partial charge in [-0.2, -0.15) is 5.26 Å². The predicted octanol–water partition coefficient (Wildman–Crippen LogP) is 1.45. The molecule has 1 aromatic heterocycles. The molecule has 1 rings (SSSR count). The maximum Gasteiger partial charge on any atom is 0.307 e. The Hall–Kier alpha value is -2.09.